The molecule has 1 aliphatic rings. The molecule has 2 aromatic heterocycles. The molecule has 0 saturated carbocycles. The fraction of sp³-hybridized carbons (Fsp3) is 0.391. The highest BCUT2D eigenvalue weighted by Gasteiger charge is 2.27. The van der Waals surface area contributed by atoms with Crippen molar-refractivity contribution in [1.29, 1.82) is 0 Å². The van der Waals surface area contributed by atoms with Gasteiger partial charge >= 0.3 is 0 Å². The second kappa shape index (κ2) is 7.28. The Balaban J connectivity index is 1.83. The summed E-state index contributed by atoms with van der Waals surface area (Å²) in [6, 6.07) is 8.29. The summed E-state index contributed by atoms with van der Waals surface area (Å²) >= 11 is 0. The van der Waals surface area contributed by atoms with Crippen LogP contribution in [-0.4, -0.2) is 48.5 Å². The molecule has 6 nitrogen and oxygen atoms in total. The Bertz CT molecular complexity index is 1040. The van der Waals surface area contributed by atoms with Gasteiger partial charge in [0.05, 0.1) is 41.5 Å². The monoisotopic (exact) mass is 392 g/mol. The van der Waals surface area contributed by atoms with Crippen LogP contribution in [0.1, 0.15) is 26.3 Å². The van der Waals surface area contributed by atoms with Crippen LogP contribution in [0.4, 0.5) is 11.4 Å². The number of hydrogen-bond acceptors (Lipinski definition) is 6. The lowest BCUT2D eigenvalue weighted by atomic mass is 9.96. The number of benzene rings is 1. The van der Waals surface area contributed by atoms with Gasteiger partial charge in [0.15, 0.2) is 0 Å². The van der Waals surface area contributed by atoms with Crippen LogP contribution < -0.4 is 9.80 Å². The predicted molar refractivity (Wildman–Crippen MR) is 117 cm³/mol. The summed E-state index contributed by atoms with van der Waals surface area (Å²) in [6.45, 7) is 7.25. The van der Waals surface area contributed by atoms with Crippen LogP contribution in [0.2, 0.25) is 0 Å². The standard InChI is InChI=1S/C23H28N4O2/c1-15(29-5)13-27-14-26(4)21-12-25-20-7-6-16(9-19(20)22(21)27)17-8-18(11-24-10-17)23(2,3)28/h6-12,15,28H,13-14H2,1-5H3/t15-/m0/s1. The van der Waals surface area contributed by atoms with Crippen LogP contribution in [0.15, 0.2) is 42.9 Å². The topological polar surface area (TPSA) is 61.7 Å². The molecule has 1 aliphatic heterocycles. The zero-order valence-electron chi connectivity index (χ0n) is 17.7. The largest absolute Gasteiger partial charge is 0.386 e. The number of rotatable bonds is 5. The highest BCUT2D eigenvalue weighted by molar-refractivity contribution is 6.02. The van der Waals surface area contributed by atoms with Gasteiger partial charge in [-0.15, -0.1) is 0 Å². The zero-order chi connectivity index (χ0) is 20.8. The minimum absolute atomic E-state index is 0.133. The molecule has 3 aromatic rings. The van der Waals surface area contributed by atoms with Crippen LogP contribution in [-0.2, 0) is 10.3 Å². The minimum atomic E-state index is -0.932. The molecule has 3 heterocycles. The molecule has 0 saturated heterocycles. The van der Waals surface area contributed by atoms with E-state index in [0.29, 0.717) is 0 Å². The summed E-state index contributed by atoms with van der Waals surface area (Å²) in [7, 11) is 3.83. The van der Waals surface area contributed by atoms with E-state index in [-0.39, 0.29) is 6.10 Å². The van der Waals surface area contributed by atoms with Crippen LogP contribution in [0.25, 0.3) is 22.0 Å². The molecule has 0 unspecified atom stereocenters. The fourth-order valence-corrected chi connectivity index (χ4v) is 3.83. The Kier molecular flexibility index (Phi) is 4.92. The number of aliphatic hydroxyl groups is 1. The molecule has 0 bridgehead atoms. The number of methoxy groups -OCH3 is 1. The van der Waals surface area contributed by atoms with Gasteiger partial charge in [-0.1, -0.05) is 6.07 Å². The molecule has 6 heteroatoms. The normalized spacial score (nSPS) is 15.1. The number of anilines is 2. The van der Waals surface area contributed by atoms with Crippen molar-refractivity contribution >= 4 is 22.3 Å². The molecule has 0 amide bonds. The van der Waals surface area contributed by atoms with Gasteiger partial charge in [-0.05, 0) is 44.5 Å². The first kappa shape index (κ1) is 19.6. The van der Waals surface area contributed by atoms with Gasteiger partial charge in [0.25, 0.3) is 0 Å². The van der Waals surface area contributed by atoms with Gasteiger partial charge in [0.2, 0.25) is 0 Å². The Labute approximate surface area is 171 Å². The third-order valence-electron chi connectivity index (χ3n) is 5.59. The van der Waals surface area contributed by atoms with Crippen molar-refractivity contribution in [1.82, 2.24) is 9.97 Å². The second-order valence-corrected chi connectivity index (χ2v) is 8.35. The van der Waals surface area contributed by atoms with E-state index in [2.05, 4.69) is 51.9 Å². The smallest absolute Gasteiger partial charge is 0.0903 e. The zero-order valence-corrected chi connectivity index (χ0v) is 17.7. The number of ether oxygens (including phenoxy) is 1. The van der Waals surface area contributed by atoms with Crippen molar-refractivity contribution in [2.75, 3.05) is 37.2 Å². The van der Waals surface area contributed by atoms with Crippen LogP contribution in [0.3, 0.4) is 0 Å². The highest BCUT2D eigenvalue weighted by atomic mass is 16.5. The lowest BCUT2D eigenvalue weighted by Crippen LogP contribution is -2.34. The predicted octanol–water partition coefficient (Wildman–Crippen LogP) is 3.77. The first-order valence-electron chi connectivity index (χ1n) is 9.88. The number of hydrogen-bond donors (Lipinski definition) is 1. The van der Waals surface area contributed by atoms with Crippen molar-refractivity contribution in [2.24, 2.45) is 0 Å². The molecular formula is C23H28N4O2. The van der Waals surface area contributed by atoms with E-state index in [4.69, 9.17) is 4.74 Å². The molecule has 0 radical (unpaired) electrons. The van der Waals surface area contributed by atoms with E-state index in [0.717, 1.165) is 46.5 Å². The molecule has 1 aromatic carbocycles. The van der Waals surface area contributed by atoms with E-state index >= 15 is 0 Å². The van der Waals surface area contributed by atoms with Gasteiger partial charge in [0.1, 0.15) is 0 Å². The summed E-state index contributed by atoms with van der Waals surface area (Å²) in [6.07, 6.45) is 5.63. The quantitative estimate of drug-likeness (QED) is 0.713. The number of aromatic nitrogens is 2. The van der Waals surface area contributed by atoms with E-state index < -0.39 is 5.60 Å². The Morgan fingerprint density at radius 2 is 1.97 bits per heavy atom. The number of nitrogens with zero attached hydrogens (tertiary/aromatic N) is 4. The molecular weight excluding hydrogens is 364 g/mol. The van der Waals surface area contributed by atoms with E-state index in [1.807, 2.05) is 18.5 Å². The molecule has 0 spiro atoms. The Hall–Kier alpha value is -2.70. The maximum Gasteiger partial charge on any atom is 0.0903 e. The second-order valence-electron chi connectivity index (χ2n) is 8.35. The van der Waals surface area contributed by atoms with Crippen molar-refractivity contribution < 1.29 is 9.84 Å². The first-order valence-corrected chi connectivity index (χ1v) is 9.88. The molecule has 0 fully saturated rings. The first-order chi connectivity index (χ1) is 13.8. The summed E-state index contributed by atoms with van der Waals surface area (Å²) in [5, 5.41) is 11.5. The average Bonchev–Trinajstić information content (AvgIpc) is 3.02. The van der Waals surface area contributed by atoms with Crippen LogP contribution >= 0.6 is 0 Å². The fourth-order valence-electron chi connectivity index (χ4n) is 3.83. The molecule has 152 valence electrons. The van der Waals surface area contributed by atoms with Crippen molar-refractivity contribution in [3.05, 3.63) is 48.4 Å². The number of fused-ring (bicyclic) bond motifs is 3. The third-order valence-corrected chi connectivity index (χ3v) is 5.59. The highest BCUT2D eigenvalue weighted by Crippen LogP contribution is 2.41. The van der Waals surface area contributed by atoms with Gasteiger partial charge in [-0.2, -0.15) is 0 Å². The van der Waals surface area contributed by atoms with Gasteiger partial charge < -0.3 is 19.6 Å². The average molecular weight is 393 g/mol. The lowest BCUT2D eigenvalue weighted by molar-refractivity contribution is 0.0783. The SMILES string of the molecule is CO[C@@H](C)CN1CN(C)c2cnc3ccc(-c4cncc(C(C)(C)O)c4)cc3c21. The van der Waals surface area contributed by atoms with Gasteiger partial charge in [-0.3, -0.25) is 9.97 Å². The van der Waals surface area contributed by atoms with E-state index in [9.17, 15) is 5.11 Å². The van der Waals surface area contributed by atoms with Crippen molar-refractivity contribution in [3.8, 4) is 11.1 Å². The van der Waals surface area contributed by atoms with Crippen molar-refractivity contribution in [2.45, 2.75) is 32.5 Å². The number of pyridine rings is 2. The minimum Gasteiger partial charge on any atom is -0.386 e. The maximum absolute atomic E-state index is 10.4. The summed E-state index contributed by atoms with van der Waals surface area (Å²) in [5.74, 6) is 0. The van der Waals surface area contributed by atoms with Crippen LogP contribution in [0, 0.1) is 0 Å². The molecule has 0 aliphatic carbocycles. The summed E-state index contributed by atoms with van der Waals surface area (Å²) < 4.78 is 5.50. The van der Waals surface area contributed by atoms with E-state index in [1.165, 1.54) is 5.69 Å². The lowest BCUT2D eigenvalue weighted by Gasteiger charge is -2.23. The van der Waals surface area contributed by atoms with Gasteiger partial charge in [0, 0.05) is 49.6 Å². The molecule has 4 rings (SSSR count). The molecule has 1 atom stereocenters. The van der Waals surface area contributed by atoms with E-state index in [1.54, 1.807) is 27.2 Å². The summed E-state index contributed by atoms with van der Waals surface area (Å²) in [4.78, 5) is 13.6. The molecule has 1 N–H and O–H groups in total. The van der Waals surface area contributed by atoms with Crippen LogP contribution in [0.5, 0.6) is 0 Å². The summed E-state index contributed by atoms with van der Waals surface area (Å²) in [5.41, 5.74) is 5.17. The maximum atomic E-state index is 10.4. The van der Waals surface area contributed by atoms with Crippen molar-refractivity contribution in [3.63, 3.8) is 0 Å². The Morgan fingerprint density at radius 1 is 1.17 bits per heavy atom. The third kappa shape index (κ3) is 3.66. The molecule has 29 heavy (non-hydrogen) atoms. The van der Waals surface area contributed by atoms with Gasteiger partial charge in [-0.25, -0.2) is 0 Å². The Morgan fingerprint density at radius 3 is 2.69 bits per heavy atom.